The number of ether oxygens (including phenoxy) is 2. The van der Waals surface area contributed by atoms with E-state index in [0.29, 0.717) is 22.4 Å². The Morgan fingerprint density at radius 1 is 1.32 bits per heavy atom. The summed E-state index contributed by atoms with van der Waals surface area (Å²) in [5.41, 5.74) is 2.07. The summed E-state index contributed by atoms with van der Waals surface area (Å²) in [6.45, 7) is 3.21. The SMILES string of the molecule is Cc1ccc2nc(N(CC3CCCO3)C(=O)COc3ccc(Cl)cc3)sc2c1. The van der Waals surface area contributed by atoms with Crippen molar-refractivity contribution in [2.75, 3.05) is 24.7 Å². The van der Waals surface area contributed by atoms with E-state index in [1.807, 2.05) is 19.1 Å². The Labute approximate surface area is 172 Å². The van der Waals surface area contributed by atoms with Crippen LogP contribution in [0.25, 0.3) is 10.2 Å². The fraction of sp³-hybridized carbons (Fsp3) is 0.333. The summed E-state index contributed by atoms with van der Waals surface area (Å²) in [6, 6.07) is 13.1. The average Bonchev–Trinajstić information content (AvgIpc) is 3.34. The van der Waals surface area contributed by atoms with Crippen LogP contribution in [0.15, 0.2) is 42.5 Å². The Balaban J connectivity index is 1.54. The fourth-order valence-electron chi connectivity index (χ4n) is 3.17. The van der Waals surface area contributed by atoms with Crippen LogP contribution < -0.4 is 9.64 Å². The number of carbonyl (C=O) groups is 1. The standard InChI is InChI=1S/C21H21ClN2O3S/c1-14-4-9-18-19(11-14)28-21(23-18)24(12-17-3-2-10-26-17)20(25)13-27-16-7-5-15(22)6-8-16/h4-9,11,17H,2-3,10,12-13H2,1H3. The smallest absolute Gasteiger partial charge is 0.266 e. The molecule has 1 aromatic heterocycles. The molecule has 1 saturated heterocycles. The van der Waals surface area contributed by atoms with Gasteiger partial charge in [0.25, 0.3) is 5.91 Å². The van der Waals surface area contributed by atoms with Crippen LogP contribution in [-0.4, -0.2) is 36.8 Å². The highest BCUT2D eigenvalue weighted by molar-refractivity contribution is 7.22. The number of hydrogen-bond donors (Lipinski definition) is 0. The first-order valence-electron chi connectivity index (χ1n) is 9.26. The predicted octanol–water partition coefficient (Wildman–Crippen LogP) is 4.85. The summed E-state index contributed by atoms with van der Waals surface area (Å²) < 4.78 is 12.5. The molecule has 0 N–H and O–H groups in total. The largest absolute Gasteiger partial charge is 0.484 e. The molecular weight excluding hydrogens is 396 g/mol. The van der Waals surface area contributed by atoms with Gasteiger partial charge in [0.1, 0.15) is 5.75 Å². The minimum Gasteiger partial charge on any atom is -0.484 e. The van der Waals surface area contributed by atoms with Gasteiger partial charge in [-0.3, -0.25) is 9.69 Å². The molecule has 1 atom stereocenters. The minimum atomic E-state index is -0.138. The molecule has 0 saturated carbocycles. The summed E-state index contributed by atoms with van der Waals surface area (Å²) in [5.74, 6) is 0.468. The first kappa shape index (κ1) is 19.2. The maximum absolute atomic E-state index is 13.0. The van der Waals surface area contributed by atoms with Crippen LogP contribution in [0.2, 0.25) is 5.02 Å². The number of aromatic nitrogens is 1. The number of nitrogens with zero attached hydrogens (tertiary/aromatic N) is 2. The first-order chi connectivity index (χ1) is 13.6. The van der Waals surface area contributed by atoms with E-state index >= 15 is 0 Å². The molecular formula is C21H21ClN2O3S. The topological polar surface area (TPSA) is 51.7 Å². The molecule has 0 bridgehead atoms. The van der Waals surface area contributed by atoms with Crippen LogP contribution >= 0.6 is 22.9 Å². The van der Waals surface area contributed by atoms with Gasteiger partial charge in [-0.25, -0.2) is 4.98 Å². The van der Waals surface area contributed by atoms with Crippen molar-refractivity contribution in [1.82, 2.24) is 4.98 Å². The number of anilines is 1. The van der Waals surface area contributed by atoms with E-state index in [0.717, 1.165) is 29.7 Å². The zero-order valence-electron chi connectivity index (χ0n) is 15.6. The molecule has 2 aromatic carbocycles. The molecule has 2 heterocycles. The van der Waals surface area contributed by atoms with E-state index in [2.05, 4.69) is 11.1 Å². The summed E-state index contributed by atoms with van der Waals surface area (Å²) in [7, 11) is 0. The van der Waals surface area contributed by atoms with Gasteiger partial charge in [-0.2, -0.15) is 0 Å². The van der Waals surface area contributed by atoms with Crippen LogP contribution in [-0.2, 0) is 9.53 Å². The molecule has 0 aliphatic carbocycles. The van der Waals surface area contributed by atoms with Crippen LogP contribution in [0.3, 0.4) is 0 Å². The second kappa shape index (κ2) is 8.47. The molecule has 1 amide bonds. The van der Waals surface area contributed by atoms with Crippen molar-refractivity contribution < 1.29 is 14.3 Å². The van der Waals surface area contributed by atoms with Gasteiger partial charge >= 0.3 is 0 Å². The summed E-state index contributed by atoms with van der Waals surface area (Å²) in [4.78, 5) is 19.4. The van der Waals surface area contributed by atoms with Gasteiger partial charge in [0, 0.05) is 11.6 Å². The zero-order valence-corrected chi connectivity index (χ0v) is 17.1. The average molecular weight is 417 g/mol. The lowest BCUT2D eigenvalue weighted by molar-refractivity contribution is -0.120. The lowest BCUT2D eigenvalue weighted by atomic mass is 10.2. The maximum Gasteiger partial charge on any atom is 0.266 e. The molecule has 4 rings (SSSR count). The van der Waals surface area contributed by atoms with Gasteiger partial charge in [0.15, 0.2) is 11.7 Å². The molecule has 28 heavy (non-hydrogen) atoms. The predicted molar refractivity (Wildman–Crippen MR) is 113 cm³/mol. The van der Waals surface area contributed by atoms with Gasteiger partial charge in [0.2, 0.25) is 0 Å². The minimum absolute atomic E-state index is 0.0354. The Kier molecular flexibility index (Phi) is 5.80. The highest BCUT2D eigenvalue weighted by Gasteiger charge is 2.26. The normalized spacial score (nSPS) is 16.4. The zero-order chi connectivity index (χ0) is 19.5. The van der Waals surface area contributed by atoms with Crippen LogP contribution in [0.1, 0.15) is 18.4 Å². The number of benzene rings is 2. The molecule has 1 aliphatic rings. The van der Waals surface area contributed by atoms with Crippen molar-refractivity contribution >= 4 is 44.2 Å². The lowest BCUT2D eigenvalue weighted by Gasteiger charge is -2.23. The number of aryl methyl sites for hydroxylation is 1. The van der Waals surface area contributed by atoms with E-state index in [4.69, 9.17) is 21.1 Å². The van der Waals surface area contributed by atoms with Crippen molar-refractivity contribution in [1.29, 1.82) is 0 Å². The number of hydrogen-bond acceptors (Lipinski definition) is 5. The number of thiazole rings is 1. The van der Waals surface area contributed by atoms with Crippen molar-refractivity contribution in [3.05, 3.63) is 53.1 Å². The monoisotopic (exact) mass is 416 g/mol. The molecule has 1 fully saturated rings. The fourth-order valence-corrected chi connectivity index (χ4v) is 4.38. The quantitative estimate of drug-likeness (QED) is 0.576. The molecule has 1 aliphatic heterocycles. The Morgan fingerprint density at radius 2 is 2.14 bits per heavy atom. The number of amides is 1. The van der Waals surface area contributed by atoms with Crippen molar-refractivity contribution in [2.24, 2.45) is 0 Å². The summed E-state index contributed by atoms with van der Waals surface area (Å²) in [5, 5.41) is 1.31. The molecule has 0 spiro atoms. The Bertz CT molecular complexity index is 967. The van der Waals surface area contributed by atoms with Gasteiger partial charge in [-0.1, -0.05) is 29.0 Å². The van der Waals surface area contributed by atoms with Gasteiger partial charge < -0.3 is 9.47 Å². The van der Waals surface area contributed by atoms with Gasteiger partial charge in [-0.05, 0) is 61.7 Å². The van der Waals surface area contributed by atoms with E-state index in [9.17, 15) is 4.79 Å². The number of halogens is 1. The second-order valence-corrected chi connectivity index (χ2v) is 8.30. The number of carbonyl (C=O) groups excluding carboxylic acids is 1. The molecule has 7 heteroatoms. The van der Waals surface area contributed by atoms with Crippen LogP contribution in [0, 0.1) is 6.92 Å². The van der Waals surface area contributed by atoms with E-state index < -0.39 is 0 Å². The molecule has 3 aromatic rings. The third-order valence-electron chi connectivity index (χ3n) is 4.65. The van der Waals surface area contributed by atoms with Crippen molar-refractivity contribution in [3.8, 4) is 5.75 Å². The third-order valence-corrected chi connectivity index (χ3v) is 5.94. The van der Waals surface area contributed by atoms with E-state index in [1.165, 1.54) is 16.9 Å². The molecule has 5 nitrogen and oxygen atoms in total. The number of fused-ring (bicyclic) bond motifs is 1. The number of rotatable bonds is 6. The van der Waals surface area contributed by atoms with Gasteiger partial charge in [-0.15, -0.1) is 0 Å². The molecule has 146 valence electrons. The van der Waals surface area contributed by atoms with E-state index in [1.54, 1.807) is 29.2 Å². The van der Waals surface area contributed by atoms with Crippen LogP contribution in [0.4, 0.5) is 5.13 Å². The van der Waals surface area contributed by atoms with Crippen LogP contribution in [0.5, 0.6) is 5.75 Å². The lowest BCUT2D eigenvalue weighted by Crippen LogP contribution is -2.40. The molecule has 0 radical (unpaired) electrons. The van der Waals surface area contributed by atoms with E-state index in [-0.39, 0.29) is 18.6 Å². The Hall–Kier alpha value is -2.15. The second-order valence-electron chi connectivity index (χ2n) is 6.85. The Morgan fingerprint density at radius 3 is 2.89 bits per heavy atom. The first-order valence-corrected chi connectivity index (χ1v) is 10.5. The molecule has 1 unspecified atom stereocenters. The maximum atomic E-state index is 13.0. The highest BCUT2D eigenvalue weighted by Crippen LogP contribution is 2.30. The highest BCUT2D eigenvalue weighted by atomic mass is 35.5. The third kappa shape index (κ3) is 4.46. The van der Waals surface area contributed by atoms with Gasteiger partial charge in [0.05, 0.1) is 22.9 Å². The van der Waals surface area contributed by atoms with Crippen molar-refractivity contribution in [2.45, 2.75) is 25.9 Å². The summed E-state index contributed by atoms with van der Waals surface area (Å²) in [6.07, 6.45) is 2.01. The summed E-state index contributed by atoms with van der Waals surface area (Å²) >= 11 is 7.42. The van der Waals surface area contributed by atoms with Crippen molar-refractivity contribution in [3.63, 3.8) is 0 Å².